The number of nitrogens with one attached hydrogen (secondary N) is 1. The number of aliphatic imine (C=N–C) groups is 2. The van der Waals surface area contributed by atoms with Gasteiger partial charge < -0.3 is 10.2 Å². The van der Waals surface area contributed by atoms with E-state index in [-0.39, 0.29) is 0 Å². The minimum atomic E-state index is 0.582. The van der Waals surface area contributed by atoms with Crippen LogP contribution >= 0.6 is 11.6 Å². The number of hydrogen-bond acceptors (Lipinski definition) is 4. The lowest BCUT2D eigenvalue weighted by molar-refractivity contribution is 0.415. The number of anilines is 1. The zero-order chi connectivity index (χ0) is 16.8. The fraction of sp³-hybridized carbons (Fsp3) is 0.500. The molecule has 1 N–H and O–H groups in total. The molecule has 5 rings (SSSR count). The molecule has 0 bridgehead atoms. The number of amidine groups is 2. The summed E-state index contributed by atoms with van der Waals surface area (Å²) in [5.41, 5.74) is 4.68. The zero-order valence-corrected chi connectivity index (χ0v) is 15.1. The molecule has 0 radical (unpaired) electrons. The summed E-state index contributed by atoms with van der Waals surface area (Å²) < 4.78 is 0. The maximum atomic E-state index is 6.22. The van der Waals surface area contributed by atoms with Crippen LogP contribution in [-0.4, -0.2) is 36.2 Å². The monoisotopic (exact) mass is 354 g/mol. The van der Waals surface area contributed by atoms with Crippen molar-refractivity contribution in [1.29, 1.82) is 0 Å². The minimum Gasteiger partial charge on any atom is -0.384 e. The molecule has 0 amide bonds. The Morgan fingerprint density at radius 1 is 1.16 bits per heavy atom. The number of nitrogens with zero attached hydrogens (tertiary/aromatic N) is 3. The minimum absolute atomic E-state index is 0.582. The average molecular weight is 355 g/mol. The molecule has 1 saturated carbocycles. The predicted molar refractivity (Wildman–Crippen MR) is 104 cm³/mol. The van der Waals surface area contributed by atoms with E-state index in [1.165, 1.54) is 54.9 Å². The SMILES string of the molecule is Clc1ccc2c(c1)NCCC1=C2N=C(C2CCCCC2)N2CCN=C12. The van der Waals surface area contributed by atoms with Gasteiger partial charge in [0.25, 0.3) is 0 Å². The van der Waals surface area contributed by atoms with E-state index < -0.39 is 0 Å². The molecule has 1 fully saturated rings. The number of rotatable bonds is 1. The van der Waals surface area contributed by atoms with E-state index in [0.29, 0.717) is 5.92 Å². The highest BCUT2D eigenvalue weighted by molar-refractivity contribution is 6.31. The van der Waals surface area contributed by atoms with Crippen LogP contribution in [0.2, 0.25) is 5.02 Å². The van der Waals surface area contributed by atoms with Crippen LogP contribution in [0.15, 0.2) is 33.8 Å². The summed E-state index contributed by atoms with van der Waals surface area (Å²) in [6.45, 7) is 2.77. The second kappa shape index (κ2) is 6.17. The van der Waals surface area contributed by atoms with E-state index in [9.17, 15) is 0 Å². The highest BCUT2D eigenvalue weighted by Gasteiger charge is 2.36. The van der Waals surface area contributed by atoms with Gasteiger partial charge in [-0.15, -0.1) is 0 Å². The van der Waals surface area contributed by atoms with Gasteiger partial charge in [0.2, 0.25) is 0 Å². The van der Waals surface area contributed by atoms with Crippen molar-refractivity contribution in [2.75, 3.05) is 25.0 Å². The summed E-state index contributed by atoms with van der Waals surface area (Å²) in [4.78, 5) is 12.5. The fourth-order valence-electron chi connectivity index (χ4n) is 4.59. The largest absolute Gasteiger partial charge is 0.384 e. The lowest BCUT2D eigenvalue weighted by atomic mass is 9.86. The van der Waals surface area contributed by atoms with Crippen molar-refractivity contribution in [2.24, 2.45) is 15.9 Å². The van der Waals surface area contributed by atoms with Crippen molar-refractivity contribution in [3.05, 3.63) is 34.4 Å². The van der Waals surface area contributed by atoms with Crippen molar-refractivity contribution < 1.29 is 0 Å². The summed E-state index contributed by atoms with van der Waals surface area (Å²) in [7, 11) is 0. The van der Waals surface area contributed by atoms with E-state index >= 15 is 0 Å². The van der Waals surface area contributed by atoms with Gasteiger partial charge in [-0.2, -0.15) is 0 Å². The zero-order valence-electron chi connectivity index (χ0n) is 14.4. The Kier molecular flexibility index (Phi) is 3.81. The van der Waals surface area contributed by atoms with Crippen molar-refractivity contribution in [3.8, 4) is 0 Å². The van der Waals surface area contributed by atoms with E-state index in [1.807, 2.05) is 12.1 Å². The average Bonchev–Trinajstić information content (AvgIpc) is 3.05. The smallest absolute Gasteiger partial charge is 0.134 e. The van der Waals surface area contributed by atoms with Gasteiger partial charge in [-0.1, -0.05) is 30.9 Å². The highest BCUT2D eigenvalue weighted by atomic mass is 35.5. The maximum Gasteiger partial charge on any atom is 0.134 e. The highest BCUT2D eigenvalue weighted by Crippen LogP contribution is 2.40. The molecule has 3 heterocycles. The summed E-state index contributed by atoms with van der Waals surface area (Å²) in [5, 5.41) is 4.29. The number of halogens is 1. The van der Waals surface area contributed by atoms with Gasteiger partial charge >= 0.3 is 0 Å². The van der Waals surface area contributed by atoms with Gasteiger partial charge in [0.05, 0.1) is 12.2 Å². The van der Waals surface area contributed by atoms with Crippen molar-refractivity contribution in [2.45, 2.75) is 38.5 Å². The Morgan fingerprint density at radius 3 is 2.92 bits per heavy atom. The van der Waals surface area contributed by atoms with Crippen LogP contribution in [0.5, 0.6) is 0 Å². The molecule has 4 aliphatic rings. The van der Waals surface area contributed by atoms with Crippen LogP contribution < -0.4 is 5.32 Å². The van der Waals surface area contributed by atoms with Crippen LogP contribution in [0.3, 0.4) is 0 Å². The van der Waals surface area contributed by atoms with E-state index in [1.54, 1.807) is 0 Å². The van der Waals surface area contributed by atoms with E-state index in [2.05, 4.69) is 16.3 Å². The van der Waals surface area contributed by atoms with Crippen LogP contribution in [0.25, 0.3) is 5.70 Å². The first-order valence-electron chi connectivity index (χ1n) is 9.49. The van der Waals surface area contributed by atoms with Gasteiger partial charge in [0.15, 0.2) is 0 Å². The van der Waals surface area contributed by atoms with Gasteiger partial charge in [-0.3, -0.25) is 4.99 Å². The Labute approximate surface area is 153 Å². The second-order valence-corrected chi connectivity index (χ2v) is 7.79. The summed E-state index contributed by atoms with van der Waals surface area (Å²) in [5.74, 6) is 3.02. The number of benzene rings is 1. The first-order valence-corrected chi connectivity index (χ1v) is 9.87. The summed E-state index contributed by atoms with van der Waals surface area (Å²) in [6, 6.07) is 6.10. The first kappa shape index (κ1) is 15.4. The molecule has 0 saturated heterocycles. The Bertz CT molecular complexity index is 802. The fourth-order valence-corrected chi connectivity index (χ4v) is 4.77. The first-order chi connectivity index (χ1) is 12.3. The molecule has 0 atom stereocenters. The third-order valence-corrected chi connectivity index (χ3v) is 6.03. The molecule has 0 unspecified atom stereocenters. The van der Waals surface area contributed by atoms with Gasteiger partial charge in [-0.05, 0) is 37.5 Å². The quantitative estimate of drug-likeness (QED) is 0.802. The second-order valence-electron chi connectivity index (χ2n) is 7.36. The third-order valence-electron chi connectivity index (χ3n) is 5.80. The van der Waals surface area contributed by atoms with Gasteiger partial charge in [0.1, 0.15) is 11.7 Å². The maximum absolute atomic E-state index is 6.22. The molecule has 4 nitrogen and oxygen atoms in total. The van der Waals surface area contributed by atoms with Crippen LogP contribution in [-0.2, 0) is 0 Å². The molecule has 1 aromatic rings. The summed E-state index contributed by atoms with van der Waals surface area (Å²) in [6.07, 6.45) is 7.49. The molecule has 1 aliphatic carbocycles. The van der Waals surface area contributed by atoms with Crippen LogP contribution in [0, 0.1) is 5.92 Å². The van der Waals surface area contributed by atoms with Crippen LogP contribution in [0.1, 0.15) is 44.1 Å². The number of fused-ring (bicyclic) bond motifs is 4. The molecular formula is C20H23ClN4. The topological polar surface area (TPSA) is 40.0 Å². The third kappa shape index (κ3) is 2.58. The molecule has 1 aromatic carbocycles. The Morgan fingerprint density at radius 2 is 2.04 bits per heavy atom. The van der Waals surface area contributed by atoms with Gasteiger partial charge in [-0.25, -0.2) is 4.99 Å². The van der Waals surface area contributed by atoms with E-state index in [4.69, 9.17) is 21.6 Å². The molecule has 130 valence electrons. The number of hydrogen-bond donors (Lipinski definition) is 1. The predicted octanol–water partition coefficient (Wildman–Crippen LogP) is 4.57. The molecule has 25 heavy (non-hydrogen) atoms. The lowest BCUT2D eigenvalue weighted by Gasteiger charge is -2.34. The molecule has 5 heteroatoms. The van der Waals surface area contributed by atoms with Crippen molar-refractivity contribution in [3.63, 3.8) is 0 Å². The molecule has 0 spiro atoms. The van der Waals surface area contributed by atoms with Crippen molar-refractivity contribution >= 4 is 34.7 Å². The van der Waals surface area contributed by atoms with E-state index in [0.717, 1.165) is 42.5 Å². The normalized spacial score (nSPS) is 23.2. The van der Waals surface area contributed by atoms with Crippen molar-refractivity contribution in [1.82, 2.24) is 4.90 Å². The van der Waals surface area contributed by atoms with Crippen LogP contribution in [0.4, 0.5) is 5.69 Å². The lowest BCUT2D eigenvalue weighted by Crippen LogP contribution is -2.42. The summed E-state index contributed by atoms with van der Waals surface area (Å²) >= 11 is 6.22. The molecular weight excluding hydrogens is 332 g/mol. The van der Waals surface area contributed by atoms with Gasteiger partial charge in [0, 0.05) is 40.9 Å². The standard InChI is InChI=1S/C20H23ClN4/c21-14-6-7-15-17(12-14)22-9-8-16-18(15)24-19(13-4-2-1-3-5-13)25-11-10-23-20(16)25/h6-7,12-13,22H,1-5,8-11H2. The molecule has 0 aromatic heterocycles. The Hall–Kier alpha value is -1.81. The molecule has 3 aliphatic heterocycles. The Balaban J connectivity index is 1.66.